The summed E-state index contributed by atoms with van der Waals surface area (Å²) < 4.78 is 0. The zero-order chi connectivity index (χ0) is 13.0. The summed E-state index contributed by atoms with van der Waals surface area (Å²) in [7, 11) is 0. The van der Waals surface area contributed by atoms with Gasteiger partial charge in [-0.05, 0) is 56.5 Å². The van der Waals surface area contributed by atoms with Crippen molar-refractivity contribution in [3.05, 3.63) is 0 Å². The van der Waals surface area contributed by atoms with Crippen molar-refractivity contribution in [2.24, 2.45) is 11.3 Å². The summed E-state index contributed by atoms with van der Waals surface area (Å²) in [6.45, 7) is 8.84. The minimum Gasteiger partial charge on any atom is -0.343 e. The van der Waals surface area contributed by atoms with Crippen LogP contribution < -0.4 is 5.32 Å². The van der Waals surface area contributed by atoms with Gasteiger partial charge in [0.1, 0.15) is 0 Å². The second-order valence-electron chi connectivity index (χ2n) is 6.80. The lowest BCUT2D eigenvalue weighted by molar-refractivity contribution is -0.131. The highest BCUT2D eigenvalue weighted by atomic mass is 16.2. The van der Waals surface area contributed by atoms with Crippen molar-refractivity contribution in [2.45, 2.75) is 52.4 Å². The Morgan fingerprint density at radius 1 is 1.33 bits per heavy atom. The lowest BCUT2D eigenvalue weighted by Crippen LogP contribution is -2.32. The summed E-state index contributed by atoms with van der Waals surface area (Å²) in [4.78, 5) is 14.3. The second kappa shape index (κ2) is 6.05. The molecule has 0 radical (unpaired) electrons. The zero-order valence-corrected chi connectivity index (χ0v) is 12.0. The van der Waals surface area contributed by atoms with E-state index in [1.165, 1.54) is 19.3 Å². The van der Waals surface area contributed by atoms with E-state index in [-0.39, 0.29) is 0 Å². The molecule has 0 aromatic carbocycles. The third-order valence-electron chi connectivity index (χ3n) is 4.62. The zero-order valence-electron chi connectivity index (χ0n) is 12.0. The molecule has 2 rings (SSSR count). The van der Waals surface area contributed by atoms with Gasteiger partial charge in [0.25, 0.3) is 0 Å². The molecule has 0 saturated carbocycles. The Kier molecular flexibility index (Phi) is 4.66. The number of likely N-dealkylation sites (tertiary alicyclic amines) is 1. The van der Waals surface area contributed by atoms with Gasteiger partial charge in [-0.3, -0.25) is 4.79 Å². The number of hydrogen-bond acceptors (Lipinski definition) is 2. The topological polar surface area (TPSA) is 32.3 Å². The molecule has 2 saturated heterocycles. The fourth-order valence-electron chi connectivity index (χ4n) is 3.12. The first kappa shape index (κ1) is 13.9. The van der Waals surface area contributed by atoms with Crippen LogP contribution in [0, 0.1) is 11.3 Å². The molecule has 18 heavy (non-hydrogen) atoms. The van der Waals surface area contributed by atoms with E-state index in [0.29, 0.717) is 11.3 Å². The molecule has 0 aromatic heterocycles. The molecule has 2 aliphatic heterocycles. The summed E-state index contributed by atoms with van der Waals surface area (Å²) in [6.07, 6.45) is 6.66. The first-order chi connectivity index (χ1) is 8.57. The minimum absolute atomic E-state index is 0.389. The highest BCUT2D eigenvalue weighted by Gasteiger charge is 2.25. The number of carbonyl (C=O) groups is 1. The molecule has 2 heterocycles. The fraction of sp³-hybridized carbons (Fsp3) is 0.933. The van der Waals surface area contributed by atoms with Crippen molar-refractivity contribution in [3.63, 3.8) is 0 Å². The summed E-state index contributed by atoms with van der Waals surface area (Å²) in [5, 5.41) is 3.37. The van der Waals surface area contributed by atoms with Crippen molar-refractivity contribution in [1.29, 1.82) is 0 Å². The Morgan fingerprint density at radius 2 is 2.17 bits per heavy atom. The molecule has 2 fully saturated rings. The lowest BCUT2D eigenvalue weighted by atomic mass is 9.85. The largest absolute Gasteiger partial charge is 0.343 e. The molecule has 1 atom stereocenters. The van der Waals surface area contributed by atoms with E-state index in [4.69, 9.17) is 0 Å². The molecular formula is C15H28N2O. The SMILES string of the molecule is CC1(C)CCCN(C(=O)CCC2CCNC2)CC1. The Morgan fingerprint density at radius 3 is 2.89 bits per heavy atom. The van der Waals surface area contributed by atoms with Crippen molar-refractivity contribution in [3.8, 4) is 0 Å². The van der Waals surface area contributed by atoms with Crippen LogP contribution in [0.1, 0.15) is 52.4 Å². The van der Waals surface area contributed by atoms with Gasteiger partial charge in [-0.2, -0.15) is 0 Å². The summed E-state index contributed by atoms with van der Waals surface area (Å²) in [5.74, 6) is 1.12. The summed E-state index contributed by atoms with van der Waals surface area (Å²) in [5.41, 5.74) is 0.421. The first-order valence-electron chi connectivity index (χ1n) is 7.55. The van der Waals surface area contributed by atoms with Crippen LogP contribution in [0.5, 0.6) is 0 Å². The molecule has 2 aliphatic rings. The third kappa shape index (κ3) is 3.98. The van der Waals surface area contributed by atoms with Crippen LogP contribution in [0.4, 0.5) is 0 Å². The number of hydrogen-bond donors (Lipinski definition) is 1. The predicted octanol–water partition coefficient (Wildman–Crippen LogP) is 2.41. The molecule has 1 N–H and O–H groups in total. The molecule has 104 valence electrons. The van der Waals surface area contributed by atoms with Crippen molar-refractivity contribution in [2.75, 3.05) is 26.2 Å². The number of carbonyl (C=O) groups excluding carboxylic acids is 1. The van der Waals surface area contributed by atoms with Gasteiger partial charge in [0.05, 0.1) is 0 Å². The van der Waals surface area contributed by atoms with Crippen molar-refractivity contribution in [1.82, 2.24) is 10.2 Å². The highest BCUT2D eigenvalue weighted by Crippen LogP contribution is 2.30. The molecule has 1 unspecified atom stereocenters. The van der Waals surface area contributed by atoms with Gasteiger partial charge < -0.3 is 10.2 Å². The van der Waals surface area contributed by atoms with E-state index in [2.05, 4.69) is 24.1 Å². The maximum atomic E-state index is 12.2. The van der Waals surface area contributed by atoms with Crippen LogP contribution in [-0.2, 0) is 4.79 Å². The van der Waals surface area contributed by atoms with Crippen LogP contribution in [-0.4, -0.2) is 37.0 Å². The highest BCUT2D eigenvalue weighted by molar-refractivity contribution is 5.76. The van der Waals surface area contributed by atoms with Gasteiger partial charge in [0, 0.05) is 19.5 Å². The molecule has 0 bridgehead atoms. The predicted molar refractivity (Wildman–Crippen MR) is 74.4 cm³/mol. The smallest absolute Gasteiger partial charge is 0.222 e. The van der Waals surface area contributed by atoms with Crippen LogP contribution >= 0.6 is 0 Å². The Hall–Kier alpha value is -0.570. The summed E-state index contributed by atoms with van der Waals surface area (Å²) in [6, 6.07) is 0. The quantitative estimate of drug-likeness (QED) is 0.836. The van der Waals surface area contributed by atoms with Gasteiger partial charge in [0.2, 0.25) is 5.91 Å². The molecule has 3 heteroatoms. The van der Waals surface area contributed by atoms with Crippen LogP contribution in [0.25, 0.3) is 0 Å². The van der Waals surface area contributed by atoms with Gasteiger partial charge >= 0.3 is 0 Å². The number of amides is 1. The maximum absolute atomic E-state index is 12.2. The molecular weight excluding hydrogens is 224 g/mol. The van der Waals surface area contributed by atoms with E-state index in [0.717, 1.165) is 51.4 Å². The molecule has 0 spiro atoms. The maximum Gasteiger partial charge on any atom is 0.222 e. The van der Waals surface area contributed by atoms with E-state index < -0.39 is 0 Å². The van der Waals surface area contributed by atoms with E-state index >= 15 is 0 Å². The number of rotatable bonds is 3. The van der Waals surface area contributed by atoms with Crippen molar-refractivity contribution >= 4 is 5.91 Å². The summed E-state index contributed by atoms with van der Waals surface area (Å²) >= 11 is 0. The third-order valence-corrected chi connectivity index (χ3v) is 4.62. The molecule has 0 aliphatic carbocycles. The fourth-order valence-corrected chi connectivity index (χ4v) is 3.12. The van der Waals surface area contributed by atoms with Gasteiger partial charge in [-0.15, -0.1) is 0 Å². The average Bonchev–Trinajstić information content (AvgIpc) is 2.77. The molecule has 3 nitrogen and oxygen atoms in total. The van der Waals surface area contributed by atoms with Gasteiger partial charge in [-0.25, -0.2) is 0 Å². The molecule has 1 amide bonds. The normalized spacial score (nSPS) is 28.1. The number of nitrogens with one attached hydrogen (secondary N) is 1. The van der Waals surface area contributed by atoms with Gasteiger partial charge in [0.15, 0.2) is 0 Å². The standard InChI is InChI=1S/C15H28N2O/c1-15(2)7-3-10-17(11-8-15)14(18)5-4-13-6-9-16-12-13/h13,16H,3-12H2,1-2H3. The monoisotopic (exact) mass is 252 g/mol. The Bertz CT molecular complexity index is 282. The molecule has 0 aromatic rings. The lowest BCUT2D eigenvalue weighted by Gasteiger charge is -2.23. The van der Waals surface area contributed by atoms with Crippen LogP contribution in [0.3, 0.4) is 0 Å². The van der Waals surface area contributed by atoms with E-state index in [9.17, 15) is 4.79 Å². The Balaban J connectivity index is 1.74. The Labute approximate surface area is 111 Å². The van der Waals surface area contributed by atoms with Crippen molar-refractivity contribution < 1.29 is 4.79 Å². The first-order valence-corrected chi connectivity index (χ1v) is 7.55. The number of nitrogens with zero attached hydrogens (tertiary/aromatic N) is 1. The average molecular weight is 252 g/mol. The minimum atomic E-state index is 0.389. The van der Waals surface area contributed by atoms with Crippen LogP contribution in [0.15, 0.2) is 0 Å². The van der Waals surface area contributed by atoms with E-state index in [1.54, 1.807) is 0 Å². The van der Waals surface area contributed by atoms with E-state index in [1.807, 2.05) is 0 Å². The second-order valence-corrected chi connectivity index (χ2v) is 6.80. The van der Waals surface area contributed by atoms with Crippen LogP contribution in [0.2, 0.25) is 0 Å². The van der Waals surface area contributed by atoms with Gasteiger partial charge in [-0.1, -0.05) is 13.8 Å².